The maximum absolute atomic E-state index is 4.16. The molecule has 0 aromatic heterocycles. The summed E-state index contributed by atoms with van der Waals surface area (Å²) < 4.78 is 0. The highest BCUT2D eigenvalue weighted by atomic mass is 33.1. The van der Waals surface area contributed by atoms with Crippen LogP contribution in [0.15, 0.2) is 9.98 Å². The molecule has 0 radical (unpaired) electrons. The van der Waals surface area contributed by atoms with Crippen LogP contribution in [-0.4, -0.2) is 37.0 Å². The minimum atomic E-state index is 0.849. The van der Waals surface area contributed by atoms with Crippen LogP contribution in [-0.2, 0) is 0 Å². The van der Waals surface area contributed by atoms with Gasteiger partial charge >= 0.3 is 0 Å². The molecular weight excluding hydrogens is 164 g/mol. The summed E-state index contributed by atoms with van der Waals surface area (Å²) in [5, 5.41) is 0. The fourth-order valence-electron chi connectivity index (χ4n) is 0.561. The summed E-state index contributed by atoms with van der Waals surface area (Å²) in [5.41, 5.74) is 0. The molecule has 0 saturated carbocycles. The fraction of sp³-hybridized carbons (Fsp3) is 0.667. The zero-order chi connectivity index (χ0) is 7.07. The molecule has 0 bridgehead atoms. The van der Waals surface area contributed by atoms with Crippen LogP contribution in [0.3, 0.4) is 0 Å². The van der Waals surface area contributed by atoms with Gasteiger partial charge in [-0.2, -0.15) is 0 Å². The van der Waals surface area contributed by atoms with E-state index in [0.717, 1.165) is 24.6 Å². The van der Waals surface area contributed by atoms with Crippen molar-refractivity contribution in [1.82, 2.24) is 0 Å². The van der Waals surface area contributed by atoms with Crippen LogP contribution in [0, 0.1) is 0 Å². The second-order valence-electron chi connectivity index (χ2n) is 1.75. The number of hydrogen-bond acceptors (Lipinski definition) is 4. The van der Waals surface area contributed by atoms with E-state index < -0.39 is 0 Å². The van der Waals surface area contributed by atoms with E-state index in [1.54, 1.807) is 0 Å². The van der Waals surface area contributed by atoms with Gasteiger partial charge in [0.1, 0.15) is 0 Å². The van der Waals surface area contributed by atoms with Crippen LogP contribution in [0.4, 0.5) is 0 Å². The first-order valence-electron chi connectivity index (χ1n) is 3.21. The molecule has 0 atom stereocenters. The molecule has 0 aromatic rings. The molecule has 56 valence electrons. The lowest BCUT2D eigenvalue weighted by Crippen LogP contribution is -1.92. The minimum absolute atomic E-state index is 0.849. The van der Waals surface area contributed by atoms with Crippen LogP contribution in [0.2, 0.25) is 0 Å². The third-order valence-corrected chi connectivity index (χ3v) is 3.04. The van der Waals surface area contributed by atoms with E-state index in [-0.39, 0.29) is 0 Å². The molecule has 0 unspecified atom stereocenters. The molecule has 0 spiro atoms. The van der Waals surface area contributed by atoms with Gasteiger partial charge in [-0.05, 0) is 0 Å². The topological polar surface area (TPSA) is 24.7 Å². The maximum Gasteiger partial charge on any atom is 0.0581 e. The molecule has 1 heterocycles. The van der Waals surface area contributed by atoms with E-state index in [9.17, 15) is 0 Å². The molecule has 0 N–H and O–H groups in total. The Morgan fingerprint density at radius 3 is 1.90 bits per heavy atom. The van der Waals surface area contributed by atoms with Gasteiger partial charge in [-0.3, -0.25) is 9.98 Å². The lowest BCUT2D eigenvalue weighted by molar-refractivity contribution is 0.983. The Labute approximate surface area is 69.0 Å². The van der Waals surface area contributed by atoms with Gasteiger partial charge in [0.2, 0.25) is 0 Å². The van der Waals surface area contributed by atoms with E-state index in [1.165, 1.54) is 0 Å². The Morgan fingerprint density at radius 1 is 0.900 bits per heavy atom. The monoisotopic (exact) mass is 174 g/mol. The molecule has 0 aliphatic carbocycles. The number of rotatable bonds is 0. The minimum Gasteiger partial charge on any atom is -0.295 e. The standard InChI is InChI=1S/C6H10N2S2/c1-2-8-4-6-10-9-5-3-7-1/h3-4H,1-2,5-6H2. The van der Waals surface area contributed by atoms with Crippen molar-refractivity contribution in [3.8, 4) is 0 Å². The van der Waals surface area contributed by atoms with Crippen LogP contribution in [0.5, 0.6) is 0 Å². The molecule has 1 aliphatic heterocycles. The van der Waals surface area contributed by atoms with Crippen molar-refractivity contribution in [3.63, 3.8) is 0 Å². The van der Waals surface area contributed by atoms with Crippen LogP contribution in [0.1, 0.15) is 0 Å². The molecule has 2 nitrogen and oxygen atoms in total. The molecule has 1 rings (SSSR count). The van der Waals surface area contributed by atoms with Gasteiger partial charge in [0.25, 0.3) is 0 Å². The van der Waals surface area contributed by atoms with E-state index in [2.05, 4.69) is 9.98 Å². The van der Waals surface area contributed by atoms with Crippen molar-refractivity contribution in [2.24, 2.45) is 9.98 Å². The molecular formula is C6H10N2S2. The van der Waals surface area contributed by atoms with Gasteiger partial charge in [0, 0.05) is 23.9 Å². The molecule has 0 saturated heterocycles. The third kappa shape index (κ3) is 3.95. The molecule has 1 aliphatic rings. The summed E-state index contributed by atoms with van der Waals surface area (Å²) in [6, 6.07) is 0. The van der Waals surface area contributed by atoms with E-state index in [1.807, 2.05) is 34.0 Å². The lowest BCUT2D eigenvalue weighted by atomic mass is 10.6. The number of hydrogen-bond donors (Lipinski definition) is 0. The van der Waals surface area contributed by atoms with Crippen molar-refractivity contribution < 1.29 is 0 Å². The third-order valence-electron chi connectivity index (χ3n) is 0.985. The molecule has 10 heavy (non-hydrogen) atoms. The van der Waals surface area contributed by atoms with Crippen LogP contribution in [0.25, 0.3) is 0 Å². The van der Waals surface area contributed by atoms with Gasteiger partial charge in [-0.25, -0.2) is 0 Å². The molecule has 4 heteroatoms. The highest BCUT2D eigenvalue weighted by Crippen LogP contribution is 2.18. The summed E-state index contributed by atoms with van der Waals surface area (Å²) in [6.07, 6.45) is 3.94. The summed E-state index contributed by atoms with van der Waals surface area (Å²) in [6.45, 7) is 1.70. The Hall–Kier alpha value is 0.0400. The normalized spacial score (nSPS) is 20.8. The quantitative estimate of drug-likeness (QED) is 0.520. The largest absolute Gasteiger partial charge is 0.295 e. The predicted octanol–water partition coefficient (Wildman–Crippen LogP) is 1.52. The van der Waals surface area contributed by atoms with Gasteiger partial charge < -0.3 is 0 Å². The lowest BCUT2D eigenvalue weighted by Gasteiger charge is -1.95. The maximum atomic E-state index is 4.16. The predicted molar refractivity (Wildman–Crippen MR) is 51.6 cm³/mol. The first kappa shape index (κ1) is 8.14. The average molecular weight is 174 g/mol. The van der Waals surface area contributed by atoms with Crippen LogP contribution < -0.4 is 0 Å². The summed E-state index contributed by atoms with van der Waals surface area (Å²) in [5.74, 6) is 2.05. The van der Waals surface area contributed by atoms with Crippen molar-refractivity contribution >= 4 is 34.0 Å². The zero-order valence-electron chi connectivity index (χ0n) is 5.69. The van der Waals surface area contributed by atoms with E-state index in [4.69, 9.17) is 0 Å². The van der Waals surface area contributed by atoms with Gasteiger partial charge in [0.15, 0.2) is 0 Å². The van der Waals surface area contributed by atoms with E-state index in [0.29, 0.717) is 0 Å². The van der Waals surface area contributed by atoms with Crippen LogP contribution >= 0.6 is 21.6 Å². The number of aliphatic imine (C=N–C) groups is 2. The van der Waals surface area contributed by atoms with Crippen molar-refractivity contribution in [1.29, 1.82) is 0 Å². The molecule has 0 aromatic carbocycles. The highest BCUT2D eigenvalue weighted by Gasteiger charge is 1.87. The summed E-state index contributed by atoms with van der Waals surface area (Å²) >= 11 is 0. The van der Waals surface area contributed by atoms with Gasteiger partial charge in [-0.1, -0.05) is 21.6 Å². The van der Waals surface area contributed by atoms with Gasteiger partial charge in [0.05, 0.1) is 13.1 Å². The fourth-order valence-corrected chi connectivity index (χ4v) is 2.03. The number of nitrogens with zero attached hydrogens (tertiary/aromatic N) is 2. The average Bonchev–Trinajstić information content (AvgIpc) is 2.01. The Bertz CT molecular complexity index is 118. The van der Waals surface area contributed by atoms with Crippen molar-refractivity contribution in [3.05, 3.63) is 0 Å². The Morgan fingerprint density at radius 2 is 1.40 bits per heavy atom. The van der Waals surface area contributed by atoms with E-state index >= 15 is 0 Å². The Balaban J connectivity index is 2.23. The Kier molecular flexibility index (Phi) is 4.72. The zero-order valence-corrected chi connectivity index (χ0v) is 7.33. The molecule has 0 fully saturated rings. The SMILES string of the molecule is C1=NCCN=CCSSC1. The smallest absolute Gasteiger partial charge is 0.0581 e. The first-order valence-corrected chi connectivity index (χ1v) is 5.70. The van der Waals surface area contributed by atoms with Gasteiger partial charge in [-0.15, -0.1) is 0 Å². The second kappa shape index (κ2) is 5.80. The van der Waals surface area contributed by atoms with Crippen molar-refractivity contribution in [2.75, 3.05) is 24.6 Å². The molecule has 0 amide bonds. The summed E-state index contributed by atoms with van der Waals surface area (Å²) in [7, 11) is 3.66. The van der Waals surface area contributed by atoms with Crippen molar-refractivity contribution in [2.45, 2.75) is 0 Å². The highest BCUT2D eigenvalue weighted by molar-refractivity contribution is 8.77. The summed E-state index contributed by atoms with van der Waals surface area (Å²) in [4.78, 5) is 8.32. The first-order chi connectivity index (χ1) is 5.00. The second-order valence-corrected chi connectivity index (χ2v) is 4.30.